The second-order valence-corrected chi connectivity index (χ2v) is 10.7. The number of nitrogens with one attached hydrogen (secondary N) is 1. The molecule has 0 atom stereocenters. The maximum atomic E-state index is 11.8. The van der Waals surface area contributed by atoms with Crippen molar-refractivity contribution in [1.29, 1.82) is 0 Å². The van der Waals surface area contributed by atoms with Crippen molar-refractivity contribution in [3.05, 3.63) is 56.7 Å². The molecule has 0 radical (unpaired) electrons. The number of aromatic nitrogens is 2. The summed E-state index contributed by atoms with van der Waals surface area (Å²) in [5.41, 5.74) is 3.76. The highest BCUT2D eigenvalue weighted by Crippen LogP contribution is 2.30. The third kappa shape index (κ3) is 6.51. The lowest BCUT2D eigenvalue weighted by atomic mass is 10.2. The summed E-state index contributed by atoms with van der Waals surface area (Å²) in [6, 6.07) is 14.1. The van der Waals surface area contributed by atoms with Crippen LogP contribution < -0.4 is 5.43 Å². The predicted molar refractivity (Wildman–Crippen MR) is 114 cm³/mol. The lowest BCUT2D eigenvalue weighted by molar-refractivity contribution is -0.118. The molecule has 3 aromatic rings. The van der Waals surface area contributed by atoms with Crippen molar-refractivity contribution in [2.45, 2.75) is 14.4 Å². The van der Waals surface area contributed by atoms with E-state index in [-0.39, 0.29) is 11.7 Å². The number of carbonyl (C=O) groups is 1. The number of nitrogens with zero attached hydrogens (tertiary/aromatic N) is 3. The molecule has 10 heteroatoms. The first kappa shape index (κ1) is 19.6. The Kier molecular flexibility index (Phi) is 7.69. The number of hydrogen-bond donors (Lipinski definition) is 1. The van der Waals surface area contributed by atoms with Crippen molar-refractivity contribution in [2.75, 3.05) is 5.75 Å². The van der Waals surface area contributed by atoms with Gasteiger partial charge in [-0.25, -0.2) is 5.43 Å². The van der Waals surface area contributed by atoms with E-state index in [1.54, 1.807) is 29.3 Å². The number of halogens is 1. The molecule has 2 aromatic heterocycles. The van der Waals surface area contributed by atoms with Crippen molar-refractivity contribution in [3.63, 3.8) is 0 Å². The van der Waals surface area contributed by atoms with E-state index in [4.69, 9.17) is 0 Å². The quantitative estimate of drug-likeness (QED) is 0.279. The molecule has 3 rings (SSSR count). The molecule has 134 valence electrons. The number of carbonyl (C=O) groups excluding carboxylic acids is 1. The second kappa shape index (κ2) is 10.2. The fraction of sp³-hybridized carbons (Fsp3) is 0.125. The van der Waals surface area contributed by atoms with E-state index in [9.17, 15) is 4.79 Å². The lowest BCUT2D eigenvalue weighted by Crippen LogP contribution is -2.19. The Labute approximate surface area is 175 Å². The SMILES string of the molecule is O=C(CSc1nnc(SCc2ccccc2)s1)NN=Cc1ccc(Br)s1. The van der Waals surface area contributed by atoms with Crippen LogP contribution in [-0.2, 0) is 10.5 Å². The molecule has 0 saturated heterocycles. The maximum Gasteiger partial charge on any atom is 0.250 e. The van der Waals surface area contributed by atoms with Gasteiger partial charge >= 0.3 is 0 Å². The molecule has 2 heterocycles. The third-order valence-electron chi connectivity index (χ3n) is 2.89. The molecule has 0 unspecified atom stereocenters. The van der Waals surface area contributed by atoms with Crippen LogP contribution in [0.15, 0.2) is 60.0 Å². The highest BCUT2D eigenvalue weighted by atomic mass is 79.9. The van der Waals surface area contributed by atoms with Crippen LogP contribution in [0, 0.1) is 0 Å². The molecule has 0 aliphatic carbocycles. The Morgan fingerprint density at radius 3 is 2.62 bits per heavy atom. The van der Waals surface area contributed by atoms with E-state index in [1.807, 2.05) is 30.3 Å². The minimum atomic E-state index is -0.171. The molecule has 0 bridgehead atoms. The zero-order valence-corrected chi connectivity index (χ0v) is 18.1. The number of rotatable bonds is 8. The fourth-order valence-corrected chi connectivity index (χ4v) is 5.82. The van der Waals surface area contributed by atoms with E-state index < -0.39 is 0 Å². The Morgan fingerprint density at radius 2 is 1.88 bits per heavy atom. The number of amides is 1. The summed E-state index contributed by atoms with van der Waals surface area (Å²) in [6.45, 7) is 0. The standard InChI is InChI=1S/C16H13BrN4OS4/c17-13-7-6-12(25-13)8-18-19-14(22)10-24-16-21-20-15(26-16)23-9-11-4-2-1-3-5-11/h1-8H,9-10H2,(H,19,22). The van der Waals surface area contributed by atoms with Crippen LogP contribution in [0.3, 0.4) is 0 Å². The first-order chi connectivity index (χ1) is 12.7. The molecule has 0 aliphatic rings. The summed E-state index contributed by atoms with van der Waals surface area (Å²) in [4.78, 5) is 12.8. The summed E-state index contributed by atoms with van der Waals surface area (Å²) in [7, 11) is 0. The van der Waals surface area contributed by atoms with Gasteiger partial charge in [-0.05, 0) is 33.6 Å². The topological polar surface area (TPSA) is 67.2 Å². The van der Waals surface area contributed by atoms with E-state index in [0.29, 0.717) is 0 Å². The number of thiophene rings is 1. The van der Waals surface area contributed by atoms with Crippen LogP contribution in [0.4, 0.5) is 0 Å². The summed E-state index contributed by atoms with van der Waals surface area (Å²) >= 11 is 9.44. The number of thioether (sulfide) groups is 2. The summed E-state index contributed by atoms with van der Waals surface area (Å²) in [5, 5.41) is 12.2. The van der Waals surface area contributed by atoms with E-state index in [0.717, 1.165) is 23.1 Å². The van der Waals surface area contributed by atoms with Crippen molar-refractivity contribution in [3.8, 4) is 0 Å². The Balaban J connectivity index is 1.40. The zero-order valence-electron chi connectivity index (χ0n) is 13.3. The Bertz CT molecular complexity index is 881. The minimum absolute atomic E-state index is 0.171. The van der Waals surface area contributed by atoms with Crippen molar-refractivity contribution in [1.82, 2.24) is 15.6 Å². The van der Waals surface area contributed by atoms with Crippen LogP contribution in [0.2, 0.25) is 0 Å². The van der Waals surface area contributed by atoms with Gasteiger partial charge in [-0.1, -0.05) is 65.2 Å². The predicted octanol–water partition coefficient (Wildman–Crippen LogP) is 4.90. The fourth-order valence-electron chi connectivity index (χ4n) is 1.76. The highest BCUT2D eigenvalue weighted by Gasteiger charge is 2.08. The normalized spacial score (nSPS) is 11.1. The Hall–Kier alpha value is -1.20. The average molecular weight is 485 g/mol. The van der Waals surface area contributed by atoms with Gasteiger partial charge in [0.25, 0.3) is 5.91 Å². The molecular weight excluding hydrogens is 472 g/mol. The molecule has 5 nitrogen and oxygen atoms in total. The van der Waals surface area contributed by atoms with Crippen LogP contribution in [0.1, 0.15) is 10.4 Å². The number of hydrazone groups is 1. The van der Waals surface area contributed by atoms with Crippen molar-refractivity contribution >= 4 is 74.2 Å². The average Bonchev–Trinajstić information content (AvgIpc) is 3.28. The highest BCUT2D eigenvalue weighted by molar-refractivity contribution is 9.11. The molecule has 26 heavy (non-hydrogen) atoms. The van der Waals surface area contributed by atoms with Gasteiger partial charge in [-0.2, -0.15) is 5.10 Å². The van der Waals surface area contributed by atoms with Gasteiger partial charge < -0.3 is 0 Å². The second-order valence-electron chi connectivity index (χ2n) is 4.83. The monoisotopic (exact) mass is 484 g/mol. The summed E-state index contributed by atoms with van der Waals surface area (Å²) in [6.07, 6.45) is 1.63. The van der Waals surface area contributed by atoms with Gasteiger partial charge in [0.15, 0.2) is 8.68 Å². The Morgan fingerprint density at radius 1 is 1.12 bits per heavy atom. The van der Waals surface area contributed by atoms with Gasteiger partial charge in [-0.15, -0.1) is 21.5 Å². The molecular formula is C16H13BrN4OS4. The van der Waals surface area contributed by atoms with Crippen LogP contribution >= 0.6 is 62.1 Å². The zero-order chi connectivity index (χ0) is 18.2. The van der Waals surface area contributed by atoms with E-state index in [2.05, 4.69) is 48.8 Å². The number of benzene rings is 1. The molecule has 0 fully saturated rings. The minimum Gasteiger partial charge on any atom is -0.272 e. The summed E-state index contributed by atoms with van der Waals surface area (Å²) < 4.78 is 2.71. The first-order valence-corrected chi connectivity index (χ1v) is 11.8. The van der Waals surface area contributed by atoms with Gasteiger partial charge in [0.1, 0.15) is 0 Å². The molecule has 0 saturated carbocycles. The van der Waals surface area contributed by atoms with E-state index in [1.165, 1.54) is 28.7 Å². The smallest absolute Gasteiger partial charge is 0.250 e. The number of hydrogen-bond acceptors (Lipinski definition) is 8. The van der Waals surface area contributed by atoms with Crippen LogP contribution in [-0.4, -0.2) is 28.1 Å². The molecule has 1 amide bonds. The largest absolute Gasteiger partial charge is 0.272 e. The van der Waals surface area contributed by atoms with Crippen LogP contribution in [0.5, 0.6) is 0 Å². The van der Waals surface area contributed by atoms with Crippen molar-refractivity contribution < 1.29 is 4.79 Å². The van der Waals surface area contributed by atoms with Gasteiger partial charge in [-0.3, -0.25) is 4.79 Å². The van der Waals surface area contributed by atoms with E-state index >= 15 is 0 Å². The molecule has 0 spiro atoms. The van der Waals surface area contributed by atoms with Crippen LogP contribution in [0.25, 0.3) is 0 Å². The first-order valence-electron chi connectivity index (χ1n) is 7.39. The summed E-state index contributed by atoms with van der Waals surface area (Å²) in [5.74, 6) is 0.938. The lowest BCUT2D eigenvalue weighted by Gasteiger charge is -1.97. The molecule has 1 N–H and O–H groups in total. The van der Waals surface area contributed by atoms with Gasteiger partial charge in [0.2, 0.25) is 0 Å². The van der Waals surface area contributed by atoms with Crippen molar-refractivity contribution in [2.24, 2.45) is 5.10 Å². The maximum absolute atomic E-state index is 11.8. The van der Waals surface area contributed by atoms with Gasteiger partial charge in [0.05, 0.1) is 15.8 Å². The van der Waals surface area contributed by atoms with Gasteiger partial charge in [0, 0.05) is 10.6 Å². The third-order valence-corrected chi connectivity index (χ3v) is 7.71. The molecule has 0 aliphatic heterocycles. The molecule has 1 aromatic carbocycles.